The number of hydrogen-bond acceptors (Lipinski definition) is 6. The molecule has 1 saturated carbocycles. The van der Waals surface area contributed by atoms with Crippen LogP contribution in [0, 0.1) is 12.8 Å². The second-order valence-electron chi connectivity index (χ2n) is 9.84. The number of aromatic nitrogens is 1. The van der Waals surface area contributed by atoms with Crippen LogP contribution in [0.4, 0.5) is 21.9 Å². The van der Waals surface area contributed by atoms with Crippen molar-refractivity contribution in [1.82, 2.24) is 10.3 Å². The van der Waals surface area contributed by atoms with Crippen LogP contribution in [0.15, 0.2) is 43.1 Å². The summed E-state index contributed by atoms with van der Waals surface area (Å²) in [4.78, 5) is 45.9. The van der Waals surface area contributed by atoms with Gasteiger partial charge in [-0.1, -0.05) is 13.0 Å². The third kappa shape index (κ3) is 4.71. The average Bonchev–Trinajstić information content (AvgIpc) is 3.44. The number of pyridine rings is 1. The van der Waals surface area contributed by atoms with Gasteiger partial charge < -0.3 is 15.4 Å². The van der Waals surface area contributed by atoms with E-state index in [9.17, 15) is 14.4 Å². The van der Waals surface area contributed by atoms with Crippen LogP contribution in [-0.4, -0.2) is 34.9 Å². The number of urea groups is 1. The molecule has 1 fully saturated rings. The number of thiophene rings is 1. The topological polar surface area (TPSA) is 101 Å². The van der Waals surface area contributed by atoms with Crippen LogP contribution in [-0.2, 0) is 4.79 Å². The minimum atomic E-state index is -0.344. The van der Waals surface area contributed by atoms with E-state index in [-0.39, 0.29) is 35.8 Å². The fourth-order valence-electron chi connectivity index (χ4n) is 5.25. The minimum Gasteiger partial charge on any atom is -0.491 e. The molecule has 2 aliphatic rings. The lowest BCUT2D eigenvalue weighted by molar-refractivity contribution is -0.115. The van der Waals surface area contributed by atoms with Crippen LogP contribution in [0.1, 0.15) is 54.8 Å². The van der Waals surface area contributed by atoms with Gasteiger partial charge in [-0.05, 0) is 75.4 Å². The molecule has 0 bridgehead atoms. The van der Waals surface area contributed by atoms with E-state index in [0.717, 1.165) is 41.6 Å². The Bertz CT molecular complexity index is 1410. The van der Waals surface area contributed by atoms with Gasteiger partial charge in [0.2, 0.25) is 0 Å². The number of rotatable bonds is 8. The van der Waals surface area contributed by atoms with Crippen molar-refractivity contribution in [3.05, 3.63) is 53.6 Å². The van der Waals surface area contributed by atoms with E-state index in [0.29, 0.717) is 27.5 Å². The number of ether oxygens (including phenoxy) is 1. The van der Waals surface area contributed by atoms with Crippen LogP contribution in [0.3, 0.4) is 0 Å². The standard InChI is InChI=1S/C28H30N4O4S/c1-5-18(33)14-17-7-6-8-20(17)30-26(34)25-24-23-22(11-12-29-27(23)37-25)32(28(35)31-24)21-10-9-19(13-16(21)4)36-15(2)3/h5,9-13,15,17,20H,1,6-8,14H2,2-4H3,(H,30,34)(H,31,35)/t17-,20-/m1/s1. The van der Waals surface area contributed by atoms with Crippen LogP contribution in [0.2, 0.25) is 0 Å². The SMILES string of the molecule is C=CC(=O)C[C@H]1CCC[C@H]1NC(=O)c1sc2nccc3c2c1NC(=O)N3c1ccc(OC(C)C)cc1C. The molecule has 2 N–H and O–H groups in total. The highest BCUT2D eigenvalue weighted by Gasteiger charge is 2.35. The summed E-state index contributed by atoms with van der Waals surface area (Å²) in [6, 6.07) is 7.00. The second-order valence-corrected chi connectivity index (χ2v) is 10.8. The van der Waals surface area contributed by atoms with E-state index in [4.69, 9.17) is 4.74 Å². The molecule has 0 spiro atoms. The molecule has 5 rings (SSSR count). The predicted molar refractivity (Wildman–Crippen MR) is 146 cm³/mol. The zero-order chi connectivity index (χ0) is 26.3. The van der Waals surface area contributed by atoms with E-state index < -0.39 is 0 Å². The highest BCUT2D eigenvalue weighted by molar-refractivity contribution is 7.21. The van der Waals surface area contributed by atoms with Crippen molar-refractivity contribution >= 4 is 56.3 Å². The molecule has 192 valence electrons. The summed E-state index contributed by atoms with van der Waals surface area (Å²) in [5.74, 6) is 0.559. The highest BCUT2D eigenvalue weighted by Crippen LogP contribution is 2.46. The Morgan fingerprint density at radius 1 is 1.30 bits per heavy atom. The molecule has 1 aliphatic carbocycles. The summed E-state index contributed by atoms with van der Waals surface area (Å²) in [6.45, 7) is 9.43. The number of allylic oxidation sites excluding steroid dienone is 1. The third-order valence-corrected chi connectivity index (χ3v) is 8.00. The van der Waals surface area contributed by atoms with Crippen LogP contribution >= 0.6 is 11.3 Å². The molecule has 3 amide bonds. The lowest BCUT2D eigenvalue weighted by Crippen LogP contribution is -2.39. The molecule has 2 atom stereocenters. The first-order chi connectivity index (χ1) is 17.8. The van der Waals surface area contributed by atoms with Gasteiger partial charge in [0.1, 0.15) is 15.5 Å². The highest BCUT2D eigenvalue weighted by atomic mass is 32.1. The summed E-state index contributed by atoms with van der Waals surface area (Å²) in [5.41, 5.74) is 2.77. The molecule has 2 aromatic heterocycles. The summed E-state index contributed by atoms with van der Waals surface area (Å²) >= 11 is 1.26. The lowest BCUT2D eigenvalue weighted by Gasteiger charge is -2.30. The van der Waals surface area contributed by atoms with Gasteiger partial charge in [0, 0.05) is 18.7 Å². The molecule has 0 unspecified atom stereocenters. The maximum absolute atomic E-state index is 13.4. The normalized spacial score (nSPS) is 18.7. The minimum absolute atomic E-state index is 0.0107. The fourth-order valence-corrected chi connectivity index (χ4v) is 6.28. The summed E-state index contributed by atoms with van der Waals surface area (Å²) in [5, 5.41) is 6.81. The van der Waals surface area contributed by atoms with Crippen LogP contribution in [0.25, 0.3) is 10.2 Å². The molecule has 9 heteroatoms. The third-order valence-electron chi connectivity index (χ3n) is 6.90. The number of ketones is 1. The lowest BCUT2D eigenvalue weighted by atomic mass is 9.97. The number of nitrogens with one attached hydrogen (secondary N) is 2. The largest absolute Gasteiger partial charge is 0.491 e. The molecule has 3 heterocycles. The Morgan fingerprint density at radius 2 is 2.11 bits per heavy atom. The maximum Gasteiger partial charge on any atom is 0.331 e. The monoisotopic (exact) mass is 518 g/mol. The fraction of sp³-hybridized carbons (Fsp3) is 0.357. The zero-order valence-corrected chi connectivity index (χ0v) is 22.0. The number of amides is 3. The summed E-state index contributed by atoms with van der Waals surface area (Å²) in [7, 11) is 0. The average molecular weight is 519 g/mol. The van der Waals surface area contributed by atoms with Crippen molar-refractivity contribution < 1.29 is 19.1 Å². The molecule has 3 aromatic rings. The number of hydrogen-bond donors (Lipinski definition) is 2. The van der Waals surface area contributed by atoms with E-state index >= 15 is 0 Å². The van der Waals surface area contributed by atoms with Gasteiger partial charge in [-0.15, -0.1) is 11.3 Å². The van der Waals surface area contributed by atoms with Crippen LogP contribution in [0.5, 0.6) is 5.75 Å². The van der Waals surface area contributed by atoms with Crippen molar-refractivity contribution in [1.29, 1.82) is 0 Å². The number of anilines is 3. The number of carbonyl (C=O) groups excluding carboxylic acids is 3. The second kappa shape index (κ2) is 9.97. The molecule has 0 saturated heterocycles. The Morgan fingerprint density at radius 3 is 2.84 bits per heavy atom. The first-order valence-electron chi connectivity index (χ1n) is 12.5. The molecular weight excluding hydrogens is 488 g/mol. The molecule has 37 heavy (non-hydrogen) atoms. The Balaban J connectivity index is 1.47. The molecule has 1 aromatic carbocycles. The van der Waals surface area contributed by atoms with E-state index in [1.807, 2.05) is 39.0 Å². The van der Waals surface area contributed by atoms with Gasteiger partial charge in [-0.2, -0.15) is 0 Å². The molecule has 8 nitrogen and oxygen atoms in total. The van der Waals surface area contributed by atoms with Gasteiger partial charge >= 0.3 is 6.03 Å². The summed E-state index contributed by atoms with van der Waals surface area (Å²) in [6.07, 6.45) is 6.09. The van der Waals surface area contributed by atoms with E-state index in [1.165, 1.54) is 17.4 Å². The van der Waals surface area contributed by atoms with Gasteiger partial charge in [0.05, 0.1) is 28.6 Å². The molecule has 1 aliphatic heterocycles. The van der Waals surface area contributed by atoms with E-state index in [2.05, 4.69) is 22.2 Å². The maximum atomic E-state index is 13.4. The van der Waals surface area contributed by atoms with Crippen molar-refractivity contribution in [2.45, 2.75) is 58.6 Å². The molecular formula is C28H30N4O4S. The van der Waals surface area contributed by atoms with Gasteiger partial charge in [-0.3, -0.25) is 14.5 Å². The smallest absolute Gasteiger partial charge is 0.331 e. The van der Waals surface area contributed by atoms with Crippen molar-refractivity contribution in [2.24, 2.45) is 5.92 Å². The zero-order valence-electron chi connectivity index (χ0n) is 21.2. The first kappa shape index (κ1) is 25.0. The quantitative estimate of drug-likeness (QED) is 0.350. The van der Waals surface area contributed by atoms with Gasteiger partial charge in [0.15, 0.2) is 5.78 Å². The number of aryl methyl sites for hydroxylation is 1. The van der Waals surface area contributed by atoms with Crippen molar-refractivity contribution in [3.8, 4) is 5.75 Å². The predicted octanol–water partition coefficient (Wildman–Crippen LogP) is 6.12. The summed E-state index contributed by atoms with van der Waals surface area (Å²) < 4.78 is 5.80. The number of carbonyl (C=O) groups is 3. The van der Waals surface area contributed by atoms with Gasteiger partial charge in [-0.25, -0.2) is 9.78 Å². The van der Waals surface area contributed by atoms with Crippen molar-refractivity contribution in [3.63, 3.8) is 0 Å². The van der Waals surface area contributed by atoms with Crippen LogP contribution < -0.4 is 20.3 Å². The Kier molecular flexibility index (Phi) is 6.72. The molecule has 0 radical (unpaired) electrons. The van der Waals surface area contributed by atoms with Gasteiger partial charge in [0.25, 0.3) is 5.91 Å². The van der Waals surface area contributed by atoms with E-state index in [1.54, 1.807) is 17.2 Å². The first-order valence-corrected chi connectivity index (χ1v) is 13.3. The number of nitrogens with zero attached hydrogens (tertiary/aromatic N) is 2. The Labute approximate surface area is 219 Å². The Hall–Kier alpha value is -3.72. The number of benzene rings is 1. The van der Waals surface area contributed by atoms with Crippen molar-refractivity contribution in [2.75, 3.05) is 10.2 Å².